The Morgan fingerprint density at radius 2 is 2.03 bits per heavy atom. The molecule has 0 bridgehead atoms. The maximum atomic E-state index is 13.6. The zero-order chi connectivity index (χ0) is 20.4. The number of hydrogen-bond donors (Lipinski definition) is 0. The van der Waals surface area contributed by atoms with Gasteiger partial charge in [0.05, 0.1) is 17.4 Å². The molecule has 1 aliphatic heterocycles. The van der Waals surface area contributed by atoms with Crippen LogP contribution in [0.15, 0.2) is 35.2 Å². The first-order valence-electron chi connectivity index (χ1n) is 10.1. The van der Waals surface area contributed by atoms with Crippen molar-refractivity contribution in [2.24, 2.45) is 0 Å². The molecule has 4 heterocycles. The molecule has 3 aromatic heterocycles. The first-order chi connectivity index (χ1) is 14.1. The molecule has 1 saturated heterocycles. The fourth-order valence-corrected chi connectivity index (χ4v) is 4.03. The number of piperidine rings is 1. The molecule has 1 fully saturated rings. The standard InChI is InChI=1S/C22H25N5O2/c1-4-18-20(14(2)29-26-18)22(28)27-12-6-5-7-19(27)21-17(13-24-15(3)25-21)16-8-10-23-11-9-16/h8-11,13,19H,4-7,12H2,1-3H3. The van der Waals surface area contributed by atoms with Gasteiger partial charge in [-0.3, -0.25) is 9.78 Å². The zero-order valence-corrected chi connectivity index (χ0v) is 17.1. The molecular weight excluding hydrogens is 366 g/mol. The molecule has 1 atom stereocenters. The molecule has 7 heteroatoms. The van der Waals surface area contributed by atoms with Gasteiger partial charge in [0.2, 0.25) is 0 Å². The molecular formula is C22H25N5O2. The molecule has 1 unspecified atom stereocenters. The fourth-order valence-electron chi connectivity index (χ4n) is 4.03. The highest BCUT2D eigenvalue weighted by Gasteiger charge is 2.34. The summed E-state index contributed by atoms with van der Waals surface area (Å²) in [6, 6.07) is 3.79. The number of amides is 1. The molecule has 0 saturated carbocycles. The predicted molar refractivity (Wildman–Crippen MR) is 108 cm³/mol. The Hall–Kier alpha value is -3.09. The highest BCUT2D eigenvalue weighted by molar-refractivity contribution is 5.96. The molecule has 0 aromatic carbocycles. The van der Waals surface area contributed by atoms with E-state index < -0.39 is 0 Å². The number of aromatic nitrogens is 4. The third-order valence-electron chi connectivity index (χ3n) is 5.49. The highest BCUT2D eigenvalue weighted by Crippen LogP contribution is 2.37. The van der Waals surface area contributed by atoms with Gasteiger partial charge in [-0.25, -0.2) is 9.97 Å². The number of carbonyl (C=O) groups excluding carboxylic acids is 1. The van der Waals surface area contributed by atoms with Crippen LogP contribution in [-0.4, -0.2) is 37.5 Å². The summed E-state index contributed by atoms with van der Waals surface area (Å²) in [4.78, 5) is 28.8. The number of rotatable bonds is 4. The van der Waals surface area contributed by atoms with Gasteiger partial charge in [-0.2, -0.15) is 0 Å². The van der Waals surface area contributed by atoms with Crippen LogP contribution in [0, 0.1) is 13.8 Å². The van der Waals surface area contributed by atoms with E-state index in [-0.39, 0.29) is 11.9 Å². The number of pyridine rings is 1. The van der Waals surface area contributed by atoms with Crippen molar-refractivity contribution < 1.29 is 9.32 Å². The summed E-state index contributed by atoms with van der Waals surface area (Å²) in [6.45, 7) is 6.36. The van der Waals surface area contributed by atoms with Crippen molar-refractivity contribution in [1.29, 1.82) is 0 Å². The number of likely N-dealkylation sites (tertiary alicyclic amines) is 1. The van der Waals surface area contributed by atoms with Gasteiger partial charge in [0.15, 0.2) is 0 Å². The molecule has 0 spiro atoms. The van der Waals surface area contributed by atoms with Gasteiger partial charge in [-0.1, -0.05) is 12.1 Å². The lowest BCUT2D eigenvalue weighted by atomic mass is 9.93. The van der Waals surface area contributed by atoms with Crippen LogP contribution in [0.4, 0.5) is 0 Å². The number of aryl methyl sites for hydroxylation is 3. The van der Waals surface area contributed by atoms with Gasteiger partial charge in [0.25, 0.3) is 5.91 Å². The Morgan fingerprint density at radius 1 is 1.24 bits per heavy atom. The van der Waals surface area contributed by atoms with Crippen LogP contribution in [0.25, 0.3) is 11.1 Å². The average molecular weight is 391 g/mol. The Bertz CT molecular complexity index is 1020. The number of carbonyl (C=O) groups is 1. The first-order valence-corrected chi connectivity index (χ1v) is 10.1. The molecule has 3 aromatic rings. The van der Waals surface area contributed by atoms with E-state index >= 15 is 0 Å². The van der Waals surface area contributed by atoms with E-state index in [9.17, 15) is 4.79 Å². The molecule has 1 aliphatic rings. The predicted octanol–water partition coefficient (Wildman–Crippen LogP) is 4.07. The van der Waals surface area contributed by atoms with Crippen molar-refractivity contribution in [1.82, 2.24) is 25.0 Å². The first kappa shape index (κ1) is 19.2. The highest BCUT2D eigenvalue weighted by atomic mass is 16.5. The second kappa shape index (κ2) is 8.11. The van der Waals surface area contributed by atoms with Crippen LogP contribution >= 0.6 is 0 Å². The Labute approximate surface area is 170 Å². The van der Waals surface area contributed by atoms with Gasteiger partial charge in [-0.15, -0.1) is 0 Å². The van der Waals surface area contributed by atoms with E-state index in [2.05, 4.69) is 15.1 Å². The Kier molecular flexibility index (Phi) is 5.38. The largest absolute Gasteiger partial charge is 0.361 e. The quantitative estimate of drug-likeness (QED) is 0.666. The monoisotopic (exact) mass is 391 g/mol. The van der Waals surface area contributed by atoms with Gasteiger partial charge >= 0.3 is 0 Å². The van der Waals surface area contributed by atoms with Gasteiger partial charge in [-0.05, 0) is 57.2 Å². The summed E-state index contributed by atoms with van der Waals surface area (Å²) in [7, 11) is 0. The van der Waals surface area contributed by atoms with E-state index in [4.69, 9.17) is 9.51 Å². The van der Waals surface area contributed by atoms with Crippen molar-refractivity contribution in [3.05, 3.63) is 59.3 Å². The molecule has 0 N–H and O–H groups in total. The molecule has 29 heavy (non-hydrogen) atoms. The van der Waals surface area contributed by atoms with Crippen LogP contribution in [0.1, 0.15) is 65.6 Å². The third kappa shape index (κ3) is 3.64. The Morgan fingerprint density at radius 3 is 2.79 bits per heavy atom. The third-order valence-corrected chi connectivity index (χ3v) is 5.49. The van der Waals surface area contributed by atoms with E-state index in [0.717, 1.165) is 36.1 Å². The fraction of sp³-hybridized carbons (Fsp3) is 0.409. The Balaban J connectivity index is 1.78. The summed E-state index contributed by atoms with van der Waals surface area (Å²) in [5, 5.41) is 4.07. The summed E-state index contributed by atoms with van der Waals surface area (Å²) < 4.78 is 5.32. The summed E-state index contributed by atoms with van der Waals surface area (Å²) in [6.07, 6.45) is 8.93. The smallest absolute Gasteiger partial charge is 0.259 e. The normalized spacial score (nSPS) is 16.8. The maximum Gasteiger partial charge on any atom is 0.259 e. The second-order valence-electron chi connectivity index (χ2n) is 7.38. The van der Waals surface area contributed by atoms with Gasteiger partial charge in [0.1, 0.15) is 17.1 Å². The average Bonchev–Trinajstić information content (AvgIpc) is 3.14. The van der Waals surface area contributed by atoms with E-state index in [0.29, 0.717) is 35.8 Å². The van der Waals surface area contributed by atoms with E-state index in [1.807, 2.05) is 37.1 Å². The lowest BCUT2D eigenvalue weighted by Gasteiger charge is -2.36. The molecule has 150 valence electrons. The minimum Gasteiger partial charge on any atom is -0.361 e. The SMILES string of the molecule is CCc1noc(C)c1C(=O)N1CCCCC1c1nc(C)ncc1-c1ccncc1. The lowest BCUT2D eigenvalue weighted by molar-refractivity contribution is 0.0603. The number of nitrogens with zero attached hydrogens (tertiary/aromatic N) is 5. The van der Waals surface area contributed by atoms with Gasteiger partial charge < -0.3 is 9.42 Å². The zero-order valence-electron chi connectivity index (χ0n) is 17.1. The summed E-state index contributed by atoms with van der Waals surface area (Å²) in [5.74, 6) is 1.25. The molecule has 1 amide bonds. The minimum absolute atomic E-state index is 0.0257. The van der Waals surface area contributed by atoms with Crippen LogP contribution in [-0.2, 0) is 6.42 Å². The van der Waals surface area contributed by atoms with Crippen molar-refractivity contribution in [3.8, 4) is 11.1 Å². The lowest BCUT2D eigenvalue weighted by Crippen LogP contribution is -2.39. The van der Waals surface area contributed by atoms with Crippen LogP contribution in [0.2, 0.25) is 0 Å². The molecule has 4 rings (SSSR count). The van der Waals surface area contributed by atoms with Crippen LogP contribution < -0.4 is 0 Å². The summed E-state index contributed by atoms with van der Waals surface area (Å²) in [5.41, 5.74) is 4.15. The van der Waals surface area contributed by atoms with Crippen molar-refractivity contribution >= 4 is 5.91 Å². The maximum absolute atomic E-state index is 13.6. The van der Waals surface area contributed by atoms with Crippen molar-refractivity contribution in [2.75, 3.05) is 6.54 Å². The minimum atomic E-state index is -0.111. The van der Waals surface area contributed by atoms with E-state index in [1.165, 1.54) is 0 Å². The van der Waals surface area contributed by atoms with E-state index in [1.54, 1.807) is 19.3 Å². The van der Waals surface area contributed by atoms with Crippen LogP contribution in [0.5, 0.6) is 0 Å². The van der Waals surface area contributed by atoms with Crippen molar-refractivity contribution in [3.63, 3.8) is 0 Å². The van der Waals surface area contributed by atoms with Crippen molar-refractivity contribution in [2.45, 2.75) is 52.5 Å². The number of hydrogen-bond acceptors (Lipinski definition) is 6. The second-order valence-corrected chi connectivity index (χ2v) is 7.38. The topological polar surface area (TPSA) is 85.0 Å². The molecule has 0 aliphatic carbocycles. The molecule has 0 radical (unpaired) electrons. The van der Waals surface area contributed by atoms with Crippen LogP contribution in [0.3, 0.4) is 0 Å². The van der Waals surface area contributed by atoms with Gasteiger partial charge in [0, 0.05) is 30.7 Å². The summed E-state index contributed by atoms with van der Waals surface area (Å²) >= 11 is 0. The molecule has 7 nitrogen and oxygen atoms in total.